The maximum atomic E-state index is 13.1. The van der Waals surface area contributed by atoms with E-state index in [4.69, 9.17) is 16.7 Å². The lowest BCUT2D eigenvalue weighted by Gasteiger charge is -2.30. The number of hydrogen-bond donors (Lipinski definition) is 2. The molecular weight excluding hydrogens is 321 g/mol. The standard InChI is InChI=1S/C13H17ClFNO4S/c1-13(2,3)11(7-12(17)18)16-21(19,20)8-4-5-10(15)9(14)6-8/h4-6,11,16H,7H2,1-3H3,(H,17,18). The van der Waals surface area contributed by atoms with Crippen LogP contribution in [0.25, 0.3) is 0 Å². The van der Waals surface area contributed by atoms with E-state index >= 15 is 0 Å². The lowest BCUT2D eigenvalue weighted by atomic mass is 9.85. The van der Waals surface area contributed by atoms with E-state index in [-0.39, 0.29) is 16.3 Å². The van der Waals surface area contributed by atoms with Crippen molar-refractivity contribution in [3.8, 4) is 0 Å². The molecule has 0 heterocycles. The van der Waals surface area contributed by atoms with E-state index in [0.29, 0.717) is 0 Å². The van der Waals surface area contributed by atoms with Crippen molar-refractivity contribution in [2.45, 2.75) is 38.1 Å². The molecule has 1 unspecified atom stereocenters. The van der Waals surface area contributed by atoms with E-state index in [9.17, 15) is 17.6 Å². The second-order valence-corrected chi connectivity index (χ2v) is 7.83. The van der Waals surface area contributed by atoms with Gasteiger partial charge in [-0.05, 0) is 23.6 Å². The number of hydrogen-bond acceptors (Lipinski definition) is 3. The minimum Gasteiger partial charge on any atom is -0.481 e. The van der Waals surface area contributed by atoms with E-state index in [2.05, 4.69) is 4.72 Å². The summed E-state index contributed by atoms with van der Waals surface area (Å²) in [4.78, 5) is 10.7. The molecule has 0 saturated carbocycles. The van der Waals surface area contributed by atoms with Crippen molar-refractivity contribution in [3.63, 3.8) is 0 Å². The van der Waals surface area contributed by atoms with Gasteiger partial charge in [-0.3, -0.25) is 4.79 Å². The highest BCUT2D eigenvalue weighted by Gasteiger charge is 2.31. The molecule has 1 rings (SSSR count). The summed E-state index contributed by atoms with van der Waals surface area (Å²) >= 11 is 5.57. The van der Waals surface area contributed by atoms with Crippen molar-refractivity contribution in [1.82, 2.24) is 4.72 Å². The quantitative estimate of drug-likeness (QED) is 0.865. The highest BCUT2D eigenvalue weighted by atomic mass is 35.5. The molecule has 1 atom stereocenters. The van der Waals surface area contributed by atoms with Crippen molar-refractivity contribution >= 4 is 27.6 Å². The summed E-state index contributed by atoms with van der Waals surface area (Å²) in [5.41, 5.74) is -0.602. The molecule has 1 aromatic rings. The SMILES string of the molecule is CC(C)(C)C(CC(=O)O)NS(=O)(=O)c1ccc(F)c(Cl)c1. The Morgan fingerprint density at radius 1 is 1.43 bits per heavy atom. The molecule has 0 radical (unpaired) electrons. The maximum absolute atomic E-state index is 13.1. The molecule has 2 N–H and O–H groups in total. The van der Waals surface area contributed by atoms with Crippen LogP contribution in [0.2, 0.25) is 5.02 Å². The Kier molecular flexibility index (Phi) is 5.35. The van der Waals surface area contributed by atoms with Crippen LogP contribution >= 0.6 is 11.6 Å². The third-order valence-corrected chi connectivity index (χ3v) is 4.68. The van der Waals surface area contributed by atoms with Crippen LogP contribution in [-0.2, 0) is 14.8 Å². The highest BCUT2D eigenvalue weighted by molar-refractivity contribution is 7.89. The van der Waals surface area contributed by atoms with Crippen molar-refractivity contribution in [1.29, 1.82) is 0 Å². The molecule has 1 aromatic carbocycles. The molecule has 21 heavy (non-hydrogen) atoms. The molecular formula is C13H17ClFNO4S. The number of carbonyl (C=O) groups is 1. The molecule has 0 aromatic heterocycles. The number of halogens is 2. The number of benzene rings is 1. The normalized spacial score (nSPS) is 14.0. The third kappa shape index (κ3) is 4.94. The predicted octanol–water partition coefficient (Wildman–Crippen LogP) is 2.65. The van der Waals surface area contributed by atoms with Crippen molar-refractivity contribution in [2.75, 3.05) is 0 Å². The number of carboxylic acid groups (broad SMARTS) is 1. The first-order valence-electron chi connectivity index (χ1n) is 6.12. The Morgan fingerprint density at radius 3 is 2.43 bits per heavy atom. The fraction of sp³-hybridized carbons (Fsp3) is 0.462. The van der Waals surface area contributed by atoms with Gasteiger partial charge < -0.3 is 5.11 Å². The van der Waals surface area contributed by atoms with Gasteiger partial charge in [0.1, 0.15) is 5.82 Å². The second kappa shape index (κ2) is 6.29. The summed E-state index contributed by atoms with van der Waals surface area (Å²) in [5.74, 6) is -1.84. The van der Waals surface area contributed by atoms with Gasteiger partial charge in [-0.1, -0.05) is 32.4 Å². The summed E-state index contributed by atoms with van der Waals surface area (Å²) in [6, 6.07) is 2.19. The van der Waals surface area contributed by atoms with E-state index in [0.717, 1.165) is 18.2 Å². The average molecular weight is 338 g/mol. The molecule has 0 aliphatic heterocycles. The molecule has 0 saturated heterocycles. The second-order valence-electron chi connectivity index (χ2n) is 5.71. The number of aliphatic carboxylic acids is 1. The Morgan fingerprint density at radius 2 is 2.00 bits per heavy atom. The minimum atomic E-state index is -3.99. The maximum Gasteiger partial charge on any atom is 0.304 e. The molecule has 0 spiro atoms. The van der Waals surface area contributed by atoms with Crippen LogP contribution in [0, 0.1) is 11.2 Å². The number of nitrogens with one attached hydrogen (secondary N) is 1. The average Bonchev–Trinajstić information content (AvgIpc) is 2.29. The molecule has 5 nitrogen and oxygen atoms in total. The van der Waals surface area contributed by atoms with Gasteiger partial charge in [0.15, 0.2) is 0 Å². The van der Waals surface area contributed by atoms with Gasteiger partial charge in [0.25, 0.3) is 0 Å². The lowest BCUT2D eigenvalue weighted by molar-refractivity contribution is -0.138. The summed E-state index contributed by atoms with van der Waals surface area (Å²) in [6.45, 7) is 5.17. The molecule has 8 heteroatoms. The Labute approximate surface area is 128 Å². The number of carboxylic acids is 1. The van der Waals surface area contributed by atoms with Gasteiger partial charge in [0.05, 0.1) is 16.3 Å². The number of sulfonamides is 1. The zero-order chi connectivity index (χ0) is 16.4. The van der Waals surface area contributed by atoms with Crippen LogP contribution < -0.4 is 4.72 Å². The van der Waals surface area contributed by atoms with Gasteiger partial charge >= 0.3 is 5.97 Å². The van der Waals surface area contributed by atoms with Gasteiger partial charge in [-0.2, -0.15) is 0 Å². The van der Waals surface area contributed by atoms with Gasteiger partial charge in [0.2, 0.25) is 10.0 Å². The fourth-order valence-corrected chi connectivity index (χ4v) is 3.31. The zero-order valence-electron chi connectivity index (χ0n) is 11.9. The first-order chi connectivity index (χ1) is 9.43. The topological polar surface area (TPSA) is 83.5 Å². The minimum absolute atomic E-state index is 0.214. The molecule has 0 amide bonds. The van der Waals surface area contributed by atoms with Crippen molar-refractivity contribution < 1.29 is 22.7 Å². The van der Waals surface area contributed by atoms with Crippen LogP contribution in [-0.4, -0.2) is 25.5 Å². The summed E-state index contributed by atoms with van der Waals surface area (Å²) in [5, 5.41) is 8.57. The summed E-state index contributed by atoms with van der Waals surface area (Å²) < 4.78 is 39.9. The van der Waals surface area contributed by atoms with E-state index in [1.165, 1.54) is 0 Å². The van der Waals surface area contributed by atoms with Crippen LogP contribution in [0.1, 0.15) is 27.2 Å². The Balaban J connectivity index is 3.11. The molecule has 0 aliphatic carbocycles. The lowest BCUT2D eigenvalue weighted by Crippen LogP contribution is -2.44. The smallest absolute Gasteiger partial charge is 0.304 e. The predicted molar refractivity (Wildman–Crippen MR) is 77.2 cm³/mol. The van der Waals surface area contributed by atoms with Crippen LogP contribution in [0.4, 0.5) is 4.39 Å². The molecule has 0 bridgehead atoms. The molecule has 0 aliphatic rings. The van der Waals surface area contributed by atoms with E-state index in [1.54, 1.807) is 20.8 Å². The Hall–Kier alpha value is -1.18. The largest absolute Gasteiger partial charge is 0.481 e. The van der Waals surface area contributed by atoms with Gasteiger partial charge in [-0.25, -0.2) is 17.5 Å². The number of rotatable bonds is 5. The summed E-state index contributed by atoms with van der Waals surface area (Å²) in [7, 11) is -3.99. The highest BCUT2D eigenvalue weighted by Crippen LogP contribution is 2.25. The van der Waals surface area contributed by atoms with Crippen LogP contribution in [0.15, 0.2) is 23.1 Å². The van der Waals surface area contributed by atoms with Crippen LogP contribution in [0.5, 0.6) is 0 Å². The van der Waals surface area contributed by atoms with Crippen LogP contribution in [0.3, 0.4) is 0 Å². The zero-order valence-corrected chi connectivity index (χ0v) is 13.4. The first kappa shape index (κ1) is 17.9. The molecule has 0 fully saturated rings. The monoisotopic (exact) mass is 337 g/mol. The Bertz CT molecular complexity index is 640. The summed E-state index contributed by atoms with van der Waals surface area (Å²) in [6.07, 6.45) is -0.363. The van der Waals surface area contributed by atoms with Gasteiger partial charge in [0, 0.05) is 6.04 Å². The van der Waals surface area contributed by atoms with E-state index < -0.39 is 33.3 Å². The molecule has 118 valence electrons. The van der Waals surface area contributed by atoms with Crippen molar-refractivity contribution in [3.05, 3.63) is 29.0 Å². The van der Waals surface area contributed by atoms with Gasteiger partial charge in [-0.15, -0.1) is 0 Å². The van der Waals surface area contributed by atoms with E-state index in [1.807, 2.05) is 0 Å². The fourth-order valence-electron chi connectivity index (χ4n) is 1.60. The first-order valence-corrected chi connectivity index (χ1v) is 7.99. The third-order valence-electron chi connectivity index (χ3n) is 2.92. The van der Waals surface area contributed by atoms with Crippen molar-refractivity contribution in [2.24, 2.45) is 5.41 Å².